The number of amides is 1. The number of carboxylic acids is 1. The van der Waals surface area contributed by atoms with E-state index in [0.717, 1.165) is 0 Å². The predicted molar refractivity (Wildman–Crippen MR) is 84.2 cm³/mol. The normalized spacial score (nSPS) is 12.7. The number of carboxylic acid groups (broad SMARTS) is 1. The third kappa shape index (κ3) is 9.56. The number of carbonyl (C=O) groups is 2. The lowest BCUT2D eigenvalue weighted by atomic mass is 9.76. The first-order valence-electron chi connectivity index (χ1n) is 7.06. The summed E-state index contributed by atoms with van der Waals surface area (Å²) >= 11 is 0. The van der Waals surface area contributed by atoms with E-state index in [1.165, 1.54) is 25.5 Å². The van der Waals surface area contributed by atoms with E-state index in [-0.39, 0.29) is 5.69 Å². The van der Waals surface area contributed by atoms with Crippen LogP contribution < -0.4 is 11.1 Å². The van der Waals surface area contributed by atoms with Gasteiger partial charge in [-0.05, 0) is 19.3 Å². The Hall–Kier alpha value is -2.04. The van der Waals surface area contributed by atoms with Gasteiger partial charge >= 0.3 is 13.1 Å². The van der Waals surface area contributed by atoms with Gasteiger partial charge in [-0.15, -0.1) is 0 Å². The Morgan fingerprint density at radius 1 is 1.30 bits per heavy atom. The molecule has 0 fully saturated rings. The molecule has 0 spiro atoms. The van der Waals surface area contributed by atoms with Gasteiger partial charge in [-0.2, -0.15) is 0 Å². The summed E-state index contributed by atoms with van der Waals surface area (Å²) in [6.07, 6.45) is 4.71. The third-order valence-corrected chi connectivity index (χ3v) is 2.64. The van der Waals surface area contributed by atoms with Crippen LogP contribution in [0.25, 0.3) is 0 Å². The van der Waals surface area contributed by atoms with Crippen LogP contribution in [0.5, 0.6) is 0 Å². The summed E-state index contributed by atoms with van der Waals surface area (Å²) in [4.78, 5) is 29.1. The second-order valence-electron chi connectivity index (χ2n) is 5.33. The first-order valence-corrected chi connectivity index (χ1v) is 7.06. The summed E-state index contributed by atoms with van der Waals surface area (Å²) in [6, 6.07) is -0.940. The van der Waals surface area contributed by atoms with Crippen molar-refractivity contribution < 1.29 is 24.7 Å². The van der Waals surface area contributed by atoms with Gasteiger partial charge in [0.05, 0.1) is 6.20 Å². The lowest BCUT2D eigenvalue weighted by Crippen LogP contribution is -2.39. The highest BCUT2D eigenvalue weighted by Crippen LogP contribution is 2.02. The molecule has 0 saturated carbocycles. The summed E-state index contributed by atoms with van der Waals surface area (Å²) in [5.41, 5.74) is 5.42. The molecule has 1 aromatic rings. The van der Waals surface area contributed by atoms with Crippen molar-refractivity contribution >= 4 is 19.0 Å². The van der Waals surface area contributed by atoms with Gasteiger partial charge in [-0.1, -0.05) is 13.8 Å². The van der Waals surface area contributed by atoms with Gasteiger partial charge in [0.1, 0.15) is 11.7 Å². The molecule has 0 saturated heterocycles. The van der Waals surface area contributed by atoms with Crippen LogP contribution in [0.1, 0.15) is 37.7 Å². The molecule has 0 aromatic carbocycles. The molecule has 0 aliphatic carbocycles. The van der Waals surface area contributed by atoms with E-state index >= 15 is 0 Å². The van der Waals surface area contributed by atoms with Crippen molar-refractivity contribution in [3.05, 3.63) is 24.3 Å². The van der Waals surface area contributed by atoms with E-state index in [1.54, 1.807) is 0 Å². The van der Waals surface area contributed by atoms with Crippen molar-refractivity contribution in [1.29, 1.82) is 0 Å². The van der Waals surface area contributed by atoms with Gasteiger partial charge in [0.25, 0.3) is 5.91 Å². The highest BCUT2D eigenvalue weighted by Gasteiger charge is 2.19. The van der Waals surface area contributed by atoms with Gasteiger partial charge in [0.2, 0.25) is 0 Å². The van der Waals surface area contributed by atoms with E-state index in [4.69, 9.17) is 20.9 Å². The van der Waals surface area contributed by atoms with E-state index in [0.29, 0.717) is 12.3 Å². The van der Waals surface area contributed by atoms with Gasteiger partial charge < -0.3 is 26.2 Å². The Bertz CT molecular complexity index is 487. The van der Waals surface area contributed by atoms with Gasteiger partial charge in [0, 0.05) is 18.3 Å². The van der Waals surface area contributed by atoms with Crippen LogP contribution in [-0.2, 0) is 4.79 Å². The Morgan fingerprint density at radius 3 is 2.26 bits per heavy atom. The number of hydrogen-bond acceptors (Lipinski definition) is 7. The quantitative estimate of drug-likeness (QED) is 0.418. The fourth-order valence-electron chi connectivity index (χ4n) is 1.41. The zero-order chi connectivity index (χ0) is 18.0. The maximum absolute atomic E-state index is 11.3. The minimum absolute atomic E-state index is 0.0978. The standard InChI is InChI=1S/C8H9N3O3.C5H14BNO2/c1-5(8(13)14)11-7(12)6-4-9-2-3-10-6;1-4(2)3-5(7)6(8)9/h2-5H,1H3,(H,11,12)(H,13,14);4-5,8-9H,3,7H2,1-2H3/t2*5-/m00/s1. The second-order valence-corrected chi connectivity index (χ2v) is 5.33. The van der Waals surface area contributed by atoms with Crippen molar-refractivity contribution in [2.75, 3.05) is 0 Å². The average Bonchev–Trinajstić information content (AvgIpc) is 2.47. The molecule has 0 bridgehead atoms. The van der Waals surface area contributed by atoms with Gasteiger partial charge in [-0.3, -0.25) is 14.6 Å². The van der Waals surface area contributed by atoms with Crippen LogP contribution in [0.4, 0.5) is 0 Å². The molecule has 10 heteroatoms. The molecule has 0 aliphatic rings. The molecule has 6 N–H and O–H groups in total. The molecule has 0 unspecified atom stereocenters. The summed E-state index contributed by atoms with van der Waals surface area (Å²) in [5.74, 6) is -1.72. The molecule has 128 valence electrons. The van der Waals surface area contributed by atoms with Crippen molar-refractivity contribution in [3.63, 3.8) is 0 Å². The second kappa shape index (κ2) is 10.7. The van der Waals surface area contributed by atoms with E-state index in [9.17, 15) is 9.59 Å². The third-order valence-electron chi connectivity index (χ3n) is 2.64. The van der Waals surface area contributed by atoms with E-state index < -0.39 is 31.0 Å². The molecule has 0 aliphatic heterocycles. The molecule has 1 aromatic heterocycles. The zero-order valence-electron chi connectivity index (χ0n) is 13.4. The van der Waals surface area contributed by atoms with Gasteiger partial charge in [0.15, 0.2) is 0 Å². The molecular formula is C13H23BN4O5. The topological polar surface area (TPSA) is 159 Å². The van der Waals surface area contributed by atoms with Crippen molar-refractivity contribution in [2.24, 2.45) is 11.7 Å². The average molecular weight is 326 g/mol. The lowest BCUT2D eigenvalue weighted by molar-refractivity contribution is -0.138. The Balaban J connectivity index is 0.000000468. The molecule has 9 nitrogen and oxygen atoms in total. The van der Waals surface area contributed by atoms with Gasteiger partial charge in [-0.25, -0.2) is 4.98 Å². The largest absolute Gasteiger partial charge is 0.480 e. The Labute approximate surface area is 135 Å². The fourth-order valence-corrected chi connectivity index (χ4v) is 1.41. The summed E-state index contributed by atoms with van der Waals surface area (Å²) in [5, 5.41) is 27.8. The number of hydrogen-bond donors (Lipinski definition) is 5. The molecule has 1 rings (SSSR count). The molecule has 1 amide bonds. The number of carbonyl (C=O) groups excluding carboxylic acids is 1. The minimum Gasteiger partial charge on any atom is -0.480 e. The monoisotopic (exact) mass is 326 g/mol. The Morgan fingerprint density at radius 2 is 1.91 bits per heavy atom. The predicted octanol–water partition coefficient (Wildman–Crippen LogP) is -0.949. The van der Waals surface area contributed by atoms with Crippen LogP contribution in [0.15, 0.2) is 18.6 Å². The van der Waals surface area contributed by atoms with Crippen LogP contribution in [0, 0.1) is 5.92 Å². The number of rotatable bonds is 6. The van der Waals surface area contributed by atoms with E-state index in [2.05, 4.69) is 15.3 Å². The lowest BCUT2D eigenvalue weighted by Gasteiger charge is -2.11. The van der Waals surface area contributed by atoms with Crippen LogP contribution in [-0.4, -0.2) is 56.1 Å². The number of aliphatic carboxylic acids is 1. The zero-order valence-corrected chi connectivity index (χ0v) is 13.4. The number of nitrogens with zero attached hydrogens (tertiary/aromatic N) is 2. The Kier molecular flexibility index (Phi) is 9.71. The molecule has 2 atom stereocenters. The summed E-state index contributed by atoms with van der Waals surface area (Å²) in [6.45, 7) is 5.35. The first-order chi connectivity index (χ1) is 10.6. The van der Waals surface area contributed by atoms with Crippen molar-refractivity contribution in [2.45, 2.75) is 39.2 Å². The molecular weight excluding hydrogens is 303 g/mol. The highest BCUT2D eigenvalue weighted by atomic mass is 16.4. The molecule has 23 heavy (non-hydrogen) atoms. The number of nitrogens with two attached hydrogens (primary N) is 1. The number of nitrogens with one attached hydrogen (secondary N) is 1. The smallest absolute Gasteiger partial charge is 0.469 e. The van der Waals surface area contributed by atoms with Crippen LogP contribution >= 0.6 is 0 Å². The van der Waals surface area contributed by atoms with E-state index in [1.807, 2.05) is 13.8 Å². The fraction of sp³-hybridized carbons (Fsp3) is 0.538. The van der Waals surface area contributed by atoms with Crippen LogP contribution in [0.3, 0.4) is 0 Å². The maximum atomic E-state index is 11.3. The summed E-state index contributed by atoms with van der Waals surface area (Å²) < 4.78 is 0. The minimum atomic E-state index is -1.37. The molecule has 1 heterocycles. The number of aromatic nitrogens is 2. The maximum Gasteiger partial charge on any atom is 0.469 e. The first kappa shape index (κ1) is 21.0. The SMILES string of the molecule is CC(C)C[C@H](N)B(O)O.C[C@H](NC(=O)c1cnccn1)C(=O)O. The molecule has 0 radical (unpaired) electrons. The van der Waals surface area contributed by atoms with Crippen molar-refractivity contribution in [1.82, 2.24) is 15.3 Å². The van der Waals surface area contributed by atoms with Crippen molar-refractivity contribution in [3.8, 4) is 0 Å². The van der Waals surface area contributed by atoms with Crippen LogP contribution in [0.2, 0.25) is 0 Å². The highest BCUT2D eigenvalue weighted by molar-refractivity contribution is 6.43. The summed E-state index contributed by atoms with van der Waals surface area (Å²) in [7, 11) is -1.37.